The van der Waals surface area contributed by atoms with Crippen molar-refractivity contribution in [2.75, 3.05) is 10.2 Å². The molecule has 0 saturated carbocycles. The second-order valence-corrected chi connectivity index (χ2v) is 7.50. The van der Waals surface area contributed by atoms with Crippen LogP contribution in [0.2, 0.25) is 15.1 Å². The maximum atomic E-state index is 13.9. The Morgan fingerprint density at radius 3 is 2.37 bits per heavy atom. The number of carbonyl (C=O) groups is 2. The van der Waals surface area contributed by atoms with Gasteiger partial charge in [-0.15, -0.1) is 0 Å². The van der Waals surface area contributed by atoms with E-state index in [1.807, 2.05) is 0 Å². The van der Waals surface area contributed by atoms with Crippen molar-refractivity contribution in [3.8, 4) is 0 Å². The Hall–Kier alpha value is -2.67. The summed E-state index contributed by atoms with van der Waals surface area (Å²) in [5, 5.41) is 3.44. The number of anilines is 3. The van der Waals surface area contributed by atoms with Gasteiger partial charge in [-0.1, -0.05) is 40.9 Å². The molecule has 0 aliphatic carbocycles. The Morgan fingerprint density at radius 1 is 1.03 bits per heavy atom. The zero-order valence-corrected chi connectivity index (χ0v) is 17.9. The third-order valence-corrected chi connectivity index (χ3v) is 5.15. The summed E-state index contributed by atoms with van der Waals surface area (Å²) in [5.41, 5.74) is 1.16. The fourth-order valence-electron chi connectivity index (χ4n) is 2.78. The number of benzene rings is 2. The Kier molecular flexibility index (Phi) is 6.92. The molecule has 3 aromatic rings. The van der Waals surface area contributed by atoms with Crippen LogP contribution >= 0.6 is 34.8 Å². The first-order chi connectivity index (χ1) is 14.3. The third kappa shape index (κ3) is 5.08. The van der Waals surface area contributed by atoms with Crippen LogP contribution in [0.25, 0.3) is 0 Å². The Morgan fingerprint density at radius 2 is 1.73 bits per heavy atom. The van der Waals surface area contributed by atoms with Crippen molar-refractivity contribution < 1.29 is 14.0 Å². The normalized spacial score (nSPS) is 10.6. The molecule has 2 amide bonds. The van der Waals surface area contributed by atoms with Crippen LogP contribution in [0, 0.1) is 5.82 Å². The Labute approximate surface area is 187 Å². The maximum absolute atomic E-state index is 13.9. The molecular weight excluding hydrogens is 452 g/mol. The van der Waals surface area contributed by atoms with E-state index in [0.29, 0.717) is 21.3 Å². The molecule has 2 aromatic carbocycles. The standard InChI is InChI=1S/C21H15Cl3FN3O2/c1-12(29)28(14-5-6-18(24)19(25)10-14)20-9-13(7-8-26-20)27-21(30)11-15-16(22)3-2-4-17(15)23/h2-10H,11H2,1H3,(H,26,27,30). The molecule has 0 spiro atoms. The van der Waals surface area contributed by atoms with Crippen LogP contribution in [0.5, 0.6) is 0 Å². The van der Waals surface area contributed by atoms with Crippen LogP contribution in [0.15, 0.2) is 54.7 Å². The molecule has 0 unspecified atom stereocenters. The predicted molar refractivity (Wildman–Crippen MR) is 117 cm³/mol. The van der Waals surface area contributed by atoms with Crippen LogP contribution in [0.1, 0.15) is 12.5 Å². The van der Waals surface area contributed by atoms with Gasteiger partial charge in [-0.2, -0.15) is 0 Å². The second kappa shape index (κ2) is 9.43. The van der Waals surface area contributed by atoms with E-state index in [9.17, 15) is 14.0 Å². The monoisotopic (exact) mass is 465 g/mol. The summed E-state index contributed by atoms with van der Waals surface area (Å²) in [6.07, 6.45) is 1.39. The van der Waals surface area contributed by atoms with Crippen molar-refractivity contribution in [2.24, 2.45) is 0 Å². The van der Waals surface area contributed by atoms with Crippen molar-refractivity contribution >= 4 is 63.8 Å². The van der Waals surface area contributed by atoms with Gasteiger partial charge < -0.3 is 5.32 Å². The van der Waals surface area contributed by atoms with E-state index in [4.69, 9.17) is 34.8 Å². The number of halogens is 4. The van der Waals surface area contributed by atoms with Crippen LogP contribution < -0.4 is 10.2 Å². The largest absolute Gasteiger partial charge is 0.326 e. The van der Waals surface area contributed by atoms with E-state index >= 15 is 0 Å². The van der Waals surface area contributed by atoms with Crippen LogP contribution in [0.4, 0.5) is 21.6 Å². The molecule has 30 heavy (non-hydrogen) atoms. The fourth-order valence-corrected chi connectivity index (χ4v) is 3.43. The maximum Gasteiger partial charge on any atom is 0.229 e. The molecule has 3 rings (SSSR count). The summed E-state index contributed by atoms with van der Waals surface area (Å²) in [6, 6.07) is 12.0. The highest BCUT2D eigenvalue weighted by Crippen LogP contribution is 2.29. The number of hydrogen-bond donors (Lipinski definition) is 1. The molecule has 1 heterocycles. The summed E-state index contributed by atoms with van der Waals surface area (Å²) >= 11 is 17.9. The topological polar surface area (TPSA) is 62.3 Å². The number of pyridine rings is 1. The van der Waals surface area contributed by atoms with Crippen molar-refractivity contribution in [3.05, 3.63) is 81.2 Å². The van der Waals surface area contributed by atoms with E-state index in [-0.39, 0.29) is 28.9 Å². The third-order valence-electron chi connectivity index (χ3n) is 4.13. The molecule has 1 aromatic heterocycles. The highest BCUT2D eigenvalue weighted by Gasteiger charge is 2.18. The summed E-state index contributed by atoms with van der Waals surface area (Å²) < 4.78 is 13.9. The summed E-state index contributed by atoms with van der Waals surface area (Å²) in [4.78, 5) is 30.0. The van der Waals surface area contributed by atoms with Gasteiger partial charge in [-0.05, 0) is 42.0 Å². The average molecular weight is 467 g/mol. The first kappa shape index (κ1) is 22.0. The minimum atomic E-state index is -0.665. The Bertz CT molecular complexity index is 1100. The van der Waals surface area contributed by atoms with E-state index in [0.717, 1.165) is 6.07 Å². The van der Waals surface area contributed by atoms with Gasteiger partial charge >= 0.3 is 0 Å². The lowest BCUT2D eigenvalue weighted by molar-refractivity contribution is -0.116. The van der Waals surface area contributed by atoms with E-state index < -0.39 is 11.7 Å². The zero-order valence-electron chi connectivity index (χ0n) is 15.6. The SMILES string of the molecule is CC(=O)N(c1ccc(Cl)c(F)c1)c1cc(NC(=O)Cc2c(Cl)cccc2Cl)ccn1. The fraction of sp³-hybridized carbons (Fsp3) is 0.0952. The van der Waals surface area contributed by atoms with Crippen molar-refractivity contribution in [1.82, 2.24) is 4.98 Å². The highest BCUT2D eigenvalue weighted by atomic mass is 35.5. The minimum absolute atomic E-state index is 0.0328. The molecule has 9 heteroatoms. The number of aromatic nitrogens is 1. The van der Waals surface area contributed by atoms with Crippen LogP contribution in [-0.4, -0.2) is 16.8 Å². The minimum Gasteiger partial charge on any atom is -0.326 e. The molecular formula is C21H15Cl3FN3O2. The lowest BCUT2D eigenvalue weighted by atomic mass is 10.1. The number of hydrogen-bond acceptors (Lipinski definition) is 3. The number of nitrogens with zero attached hydrogens (tertiary/aromatic N) is 2. The van der Waals surface area contributed by atoms with Gasteiger partial charge in [-0.25, -0.2) is 9.37 Å². The molecule has 0 radical (unpaired) electrons. The molecule has 5 nitrogen and oxygen atoms in total. The van der Waals surface area contributed by atoms with Gasteiger partial charge in [0.15, 0.2) is 0 Å². The summed E-state index contributed by atoms with van der Waals surface area (Å²) in [5.74, 6) is -1.20. The lowest BCUT2D eigenvalue weighted by Crippen LogP contribution is -2.24. The predicted octanol–water partition coefficient (Wildman–Crippen LogP) is 6.05. The number of nitrogens with one attached hydrogen (secondary N) is 1. The number of rotatable bonds is 5. The molecule has 0 bridgehead atoms. The molecule has 0 aliphatic heterocycles. The molecule has 0 atom stereocenters. The van der Waals surface area contributed by atoms with E-state index in [2.05, 4.69) is 10.3 Å². The van der Waals surface area contributed by atoms with Gasteiger partial charge in [0, 0.05) is 34.9 Å². The van der Waals surface area contributed by atoms with Crippen molar-refractivity contribution in [1.29, 1.82) is 0 Å². The van der Waals surface area contributed by atoms with Gasteiger partial charge in [0.25, 0.3) is 0 Å². The first-order valence-corrected chi connectivity index (χ1v) is 9.84. The molecule has 0 fully saturated rings. The van der Waals surface area contributed by atoms with Crippen LogP contribution in [-0.2, 0) is 16.0 Å². The van der Waals surface area contributed by atoms with Crippen LogP contribution in [0.3, 0.4) is 0 Å². The van der Waals surface area contributed by atoms with E-state index in [1.54, 1.807) is 24.3 Å². The Balaban J connectivity index is 1.84. The molecule has 0 aliphatic rings. The van der Waals surface area contributed by atoms with Gasteiger partial charge in [0.2, 0.25) is 11.8 Å². The van der Waals surface area contributed by atoms with Gasteiger partial charge in [0.05, 0.1) is 17.1 Å². The van der Waals surface area contributed by atoms with E-state index in [1.165, 1.54) is 36.2 Å². The smallest absolute Gasteiger partial charge is 0.229 e. The van der Waals surface area contributed by atoms with Crippen molar-refractivity contribution in [2.45, 2.75) is 13.3 Å². The second-order valence-electron chi connectivity index (χ2n) is 6.28. The average Bonchev–Trinajstić information content (AvgIpc) is 2.68. The highest BCUT2D eigenvalue weighted by molar-refractivity contribution is 6.36. The molecule has 154 valence electrons. The summed E-state index contributed by atoms with van der Waals surface area (Å²) in [6.45, 7) is 1.32. The summed E-state index contributed by atoms with van der Waals surface area (Å²) in [7, 11) is 0. The zero-order chi connectivity index (χ0) is 21.8. The molecule has 1 N–H and O–H groups in total. The quantitative estimate of drug-likeness (QED) is 0.498. The number of carbonyl (C=O) groups excluding carboxylic acids is 2. The number of amides is 2. The molecule has 0 saturated heterocycles. The van der Waals surface area contributed by atoms with Crippen molar-refractivity contribution in [3.63, 3.8) is 0 Å². The van der Waals surface area contributed by atoms with Gasteiger partial charge in [0.1, 0.15) is 11.6 Å². The van der Waals surface area contributed by atoms with Gasteiger partial charge in [-0.3, -0.25) is 14.5 Å². The lowest BCUT2D eigenvalue weighted by Gasteiger charge is -2.21. The first-order valence-electron chi connectivity index (χ1n) is 8.71.